The predicted octanol–water partition coefficient (Wildman–Crippen LogP) is -0.182. The third kappa shape index (κ3) is 2.71. The lowest BCUT2D eigenvalue weighted by molar-refractivity contribution is -0.144. The third-order valence-electron chi connectivity index (χ3n) is 2.65. The van der Waals surface area contributed by atoms with E-state index in [1.807, 2.05) is 4.90 Å². The molecule has 0 aliphatic carbocycles. The number of hydrogen-bond acceptors (Lipinski definition) is 6. The zero-order valence-corrected chi connectivity index (χ0v) is 9.80. The number of ether oxygens (including phenoxy) is 1. The Bertz CT molecular complexity index is 371. The molecule has 17 heavy (non-hydrogen) atoms. The highest BCUT2D eigenvalue weighted by atomic mass is 16.5. The van der Waals surface area contributed by atoms with Gasteiger partial charge in [-0.25, -0.2) is 9.78 Å². The van der Waals surface area contributed by atoms with Gasteiger partial charge in [-0.3, -0.25) is 4.98 Å². The minimum atomic E-state index is -0.319. The number of piperazine rings is 1. The molecule has 1 aliphatic rings. The number of carbonyl (C=O) groups excluding carboxylic acids is 1. The maximum Gasteiger partial charge on any atom is 0.330 e. The Morgan fingerprint density at radius 1 is 1.65 bits per heavy atom. The van der Waals surface area contributed by atoms with Gasteiger partial charge in [-0.2, -0.15) is 0 Å². The average Bonchev–Trinajstić information content (AvgIpc) is 2.40. The first-order valence-electron chi connectivity index (χ1n) is 5.73. The van der Waals surface area contributed by atoms with Crippen molar-refractivity contribution in [3.05, 3.63) is 18.6 Å². The highest BCUT2D eigenvalue weighted by Crippen LogP contribution is 2.14. The maximum absolute atomic E-state index is 11.8. The molecule has 2 rings (SSSR count). The maximum atomic E-state index is 11.8. The van der Waals surface area contributed by atoms with Gasteiger partial charge in [-0.1, -0.05) is 0 Å². The second-order valence-corrected chi connectivity index (χ2v) is 3.73. The normalized spacial score (nSPS) is 20.1. The van der Waals surface area contributed by atoms with E-state index in [-0.39, 0.29) is 12.0 Å². The van der Waals surface area contributed by atoms with Crippen molar-refractivity contribution in [1.82, 2.24) is 15.3 Å². The number of carbonyl (C=O) groups is 1. The summed E-state index contributed by atoms with van der Waals surface area (Å²) in [5.74, 6) is 0.498. The summed E-state index contributed by atoms with van der Waals surface area (Å²) in [6.07, 6.45) is 4.90. The molecule has 1 fully saturated rings. The molecule has 0 radical (unpaired) electrons. The van der Waals surface area contributed by atoms with Gasteiger partial charge in [0.05, 0.1) is 12.8 Å². The number of nitrogens with one attached hydrogen (secondary N) is 1. The standard InChI is InChI=1S/C11H16N4O2/c1-2-17-11(16)9-7-13-5-6-15(9)10-8-12-3-4-14-10/h3-4,8-9,13H,2,5-7H2,1H3. The van der Waals surface area contributed by atoms with Crippen molar-refractivity contribution in [3.63, 3.8) is 0 Å². The summed E-state index contributed by atoms with van der Waals surface area (Å²) in [6, 6.07) is -0.319. The van der Waals surface area contributed by atoms with Crippen LogP contribution >= 0.6 is 0 Å². The van der Waals surface area contributed by atoms with Gasteiger partial charge < -0.3 is 15.0 Å². The summed E-state index contributed by atoms with van der Waals surface area (Å²) in [7, 11) is 0. The van der Waals surface area contributed by atoms with E-state index < -0.39 is 0 Å². The van der Waals surface area contributed by atoms with Gasteiger partial charge in [0.15, 0.2) is 0 Å². The lowest BCUT2D eigenvalue weighted by atomic mass is 10.2. The molecule has 0 aromatic carbocycles. The van der Waals surface area contributed by atoms with Crippen LogP contribution in [0.3, 0.4) is 0 Å². The topological polar surface area (TPSA) is 67.3 Å². The highest BCUT2D eigenvalue weighted by Gasteiger charge is 2.30. The van der Waals surface area contributed by atoms with Gasteiger partial charge in [-0.05, 0) is 6.92 Å². The van der Waals surface area contributed by atoms with Gasteiger partial charge in [0.25, 0.3) is 0 Å². The van der Waals surface area contributed by atoms with Crippen molar-refractivity contribution >= 4 is 11.8 Å². The van der Waals surface area contributed by atoms with E-state index in [1.165, 1.54) is 0 Å². The van der Waals surface area contributed by atoms with Crippen molar-refractivity contribution in [2.24, 2.45) is 0 Å². The Labute approximate surface area is 100 Å². The van der Waals surface area contributed by atoms with Crippen LogP contribution in [-0.4, -0.2) is 48.2 Å². The van der Waals surface area contributed by atoms with Crippen molar-refractivity contribution in [2.45, 2.75) is 13.0 Å². The van der Waals surface area contributed by atoms with Crippen LogP contribution < -0.4 is 10.2 Å². The molecule has 1 aromatic rings. The first-order chi connectivity index (χ1) is 8.33. The molecule has 1 N–H and O–H groups in total. The number of esters is 1. The van der Waals surface area contributed by atoms with Gasteiger partial charge in [0.1, 0.15) is 11.9 Å². The van der Waals surface area contributed by atoms with Crippen LogP contribution in [0.5, 0.6) is 0 Å². The van der Waals surface area contributed by atoms with E-state index in [2.05, 4.69) is 15.3 Å². The highest BCUT2D eigenvalue weighted by molar-refractivity contribution is 5.80. The monoisotopic (exact) mass is 236 g/mol. The first kappa shape index (κ1) is 11.8. The molecule has 6 nitrogen and oxygen atoms in total. The van der Waals surface area contributed by atoms with Crippen LogP contribution in [0.15, 0.2) is 18.6 Å². The second-order valence-electron chi connectivity index (χ2n) is 3.73. The van der Waals surface area contributed by atoms with E-state index in [0.29, 0.717) is 19.0 Å². The van der Waals surface area contributed by atoms with Crippen LogP contribution in [0.25, 0.3) is 0 Å². The van der Waals surface area contributed by atoms with Gasteiger partial charge >= 0.3 is 5.97 Å². The van der Waals surface area contributed by atoms with Crippen LogP contribution in [0.1, 0.15) is 6.92 Å². The fourth-order valence-electron chi connectivity index (χ4n) is 1.87. The van der Waals surface area contributed by atoms with Gasteiger partial charge in [0, 0.05) is 32.0 Å². The van der Waals surface area contributed by atoms with E-state index in [1.54, 1.807) is 25.5 Å². The Hall–Kier alpha value is -1.69. The molecule has 2 heterocycles. The van der Waals surface area contributed by atoms with Crippen LogP contribution in [0.2, 0.25) is 0 Å². The molecule has 1 aromatic heterocycles. The molecular weight excluding hydrogens is 220 g/mol. The largest absolute Gasteiger partial charge is 0.464 e. The molecule has 0 amide bonds. The summed E-state index contributed by atoms with van der Waals surface area (Å²) in [5.41, 5.74) is 0. The number of aromatic nitrogens is 2. The molecule has 1 aliphatic heterocycles. The molecule has 1 unspecified atom stereocenters. The van der Waals surface area contributed by atoms with Crippen LogP contribution in [-0.2, 0) is 9.53 Å². The summed E-state index contributed by atoms with van der Waals surface area (Å²) in [6.45, 7) is 4.33. The Morgan fingerprint density at radius 2 is 2.53 bits per heavy atom. The molecule has 0 bridgehead atoms. The SMILES string of the molecule is CCOC(=O)C1CNCCN1c1cnccn1. The molecule has 1 atom stereocenters. The molecule has 1 saturated heterocycles. The average molecular weight is 236 g/mol. The number of nitrogens with zero attached hydrogens (tertiary/aromatic N) is 3. The van der Waals surface area contributed by atoms with E-state index >= 15 is 0 Å². The number of hydrogen-bond donors (Lipinski definition) is 1. The molecular formula is C11H16N4O2. The summed E-state index contributed by atoms with van der Waals surface area (Å²) >= 11 is 0. The lowest BCUT2D eigenvalue weighted by Gasteiger charge is -2.34. The van der Waals surface area contributed by atoms with Crippen molar-refractivity contribution in [1.29, 1.82) is 0 Å². The van der Waals surface area contributed by atoms with E-state index in [9.17, 15) is 4.79 Å². The van der Waals surface area contributed by atoms with E-state index in [4.69, 9.17) is 4.74 Å². The van der Waals surface area contributed by atoms with Gasteiger partial charge in [0.2, 0.25) is 0 Å². The summed E-state index contributed by atoms with van der Waals surface area (Å²) in [4.78, 5) is 22.0. The van der Waals surface area contributed by atoms with Crippen LogP contribution in [0, 0.1) is 0 Å². The summed E-state index contributed by atoms with van der Waals surface area (Å²) in [5, 5.41) is 3.18. The van der Waals surface area contributed by atoms with Crippen LogP contribution in [0.4, 0.5) is 5.82 Å². The fourth-order valence-corrected chi connectivity index (χ4v) is 1.87. The fraction of sp³-hybridized carbons (Fsp3) is 0.545. The summed E-state index contributed by atoms with van der Waals surface area (Å²) < 4.78 is 5.06. The second kappa shape index (κ2) is 5.58. The van der Waals surface area contributed by atoms with Crippen molar-refractivity contribution in [3.8, 4) is 0 Å². The van der Waals surface area contributed by atoms with E-state index in [0.717, 1.165) is 13.1 Å². The predicted molar refractivity (Wildman–Crippen MR) is 62.7 cm³/mol. The van der Waals surface area contributed by atoms with Crippen molar-refractivity contribution < 1.29 is 9.53 Å². The minimum Gasteiger partial charge on any atom is -0.464 e. The molecule has 6 heteroatoms. The molecule has 92 valence electrons. The number of rotatable bonds is 3. The quantitative estimate of drug-likeness (QED) is 0.734. The zero-order valence-electron chi connectivity index (χ0n) is 9.80. The minimum absolute atomic E-state index is 0.217. The molecule has 0 saturated carbocycles. The first-order valence-corrected chi connectivity index (χ1v) is 5.73. The number of anilines is 1. The smallest absolute Gasteiger partial charge is 0.330 e. The van der Waals surface area contributed by atoms with Gasteiger partial charge in [-0.15, -0.1) is 0 Å². The Morgan fingerprint density at radius 3 is 3.24 bits per heavy atom. The Kier molecular flexibility index (Phi) is 3.87. The zero-order chi connectivity index (χ0) is 12.1. The Balaban J connectivity index is 2.15. The van der Waals surface area contributed by atoms with Crippen molar-refractivity contribution in [2.75, 3.05) is 31.1 Å². The lowest BCUT2D eigenvalue weighted by Crippen LogP contribution is -2.56. The third-order valence-corrected chi connectivity index (χ3v) is 2.65. The molecule has 0 spiro atoms.